The van der Waals surface area contributed by atoms with Crippen LogP contribution in [0.2, 0.25) is 0 Å². The van der Waals surface area contributed by atoms with Crippen molar-refractivity contribution in [3.63, 3.8) is 0 Å². The molecule has 0 spiro atoms. The summed E-state index contributed by atoms with van der Waals surface area (Å²) in [5.74, 6) is 0.316. The number of aryl methyl sites for hydroxylation is 2. The Labute approximate surface area is 205 Å². The van der Waals surface area contributed by atoms with Crippen LogP contribution in [-0.4, -0.2) is 5.78 Å². The Balaban J connectivity index is 0.00000289. The molecule has 7 heteroatoms. The number of halogens is 2. The van der Waals surface area contributed by atoms with Crippen LogP contribution >= 0.6 is 23.1 Å². The summed E-state index contributed by atoms with van der Waals surface area (Å²) in [5.41, 5.74) is 11.7. The number of thiophene rings is 1. The monoisotopic (exact) mass is 528 g/mol. The molecule has 0 saturated carbocycles. The first kappa shape index (κ1) is 24.2. The van der Waals surface area contributed by atoms with Gasteiger partial charge >= 0.3 is 0 Å². The summed E-state index contributed by atoms with van der Waals surface area (Å²) >= 11 is 3.01. The number of pyridine rings is 1. The number of thioether (sulfide) groups is 1. The van der Waals surface area contributed by atoms with Crippen molar-refractivity contribution in [2.45, 2.75) is 23.8 Å². The maximum Gasteiger partial charge on any atom is 0.259 e. The van der Waals surface area contributed by atoms with E-state index in [9.17, 15) is 9.18 Å². The topological polar surface area (TPSA) is 47.0 Å². The zero-order valence-corrected chi connectivity index (χ0v) is 20.9. The number of nitrogen functional groups attached to an aromatic ring is 1. The van der Waals surface area contributed by atoms with Gasteiger partial charge in [0.2, 0.25) is 5.78 Å². The molecule has 2 aromatic heterocycles. The van der Waals surface area contributed by atoms with E-state index in [1.54, 1.807) is 36.0 Å². The molecule has 2 N–H and O–H groups in total. The molecule has 2 heterocycles. The molecule has 0 fully saturated rings. The molecule has 0 aliphatic rings. The SMILES string of the molecule is Cc1cc(C)c[n+](-c2c(SCc3ccc(F)cc3)sc(C(=O)c3ccccc3)c2N)c1.[Br-]. The zero-order chi connectivity index (χ0) is 22.0. The molecule has 4 rings (SSSR count). The number of nitrogens with zero attached hydrogens (tertiary/aromatic N) is 1. The molecule has 0 bridgehead atoms. The summed E-state index contributed by atoms with van der Waals surface area (Å²) in [6.45, 7) is 4.07. The maximum absolute atomic E-state index is 13.3. The van der Waals surface area contributed by atoms with E-state index in [0.717, 1.165) is 26.6 Å². The van der Waals surface area contributed by atoms with Gasteiger partial charge in [-0.1, -0.05) is 42.5 Å². The van der Waals surface area contributed by atoms with E-state index in [4.69, 9.17) is 5.73 Å². The van der Waals surface area contributed by atoms with Gasteiger partial charge in [0.25, 0.3) is 5.69 Å². The molecule has 3 nitrogen and oxygen atoms in total. The highest BCUT2D eigenvalue weighted by atomic mass is 79.9. The fourth-order valence-electron chi connectivity index (χ4n) is 3.41. The number of aromatic nitrogens is 1. The van der Waals surface area contributed by atoms with Crippen LogP contribution in [0.3, 0.4) is 0 Å². The van der Waals surface area contributed by atoms with Gasteiger partial charge in [-0.2, -0.15) is 4.57 Å². The number of carbonyl (C=O) groups excluding carboxylic acids is 1. The molecular weight excluding hydrogens is 507 g/mol. The Morgan fingerprint density at radius 3 is 2.28 bits per heavy atom. The second-order valence-electron chi connectivity index (χ2n) is 7.39. The lowest BCUT2D eigenvalue weighted by molar-refractivity contribution is -0.597. The second kappa shape index (κ2) is 10.4. The lowest BCUT2D eigenvalue weighted by Crippen LogP contribution is -3.00. The Morgan fingerprint density at radius 2 is 1.66 bits per heavy atom. The van der Waals surface area contributed by atoms with Crippen molar-refractivity contribution in [3.8, 4) is 5.69 Å². The van der Waals surface area contributed by atoms with Crippen LogP contribution < -0.4 is 27.3 Å². The summed E-state index contributed by atoms with van der Waals surface area (Å²) in [6, 6.07) is 17.8. The minimum Gasteiger partial charge on any atom is -1.00 e. The molecule has 0 radical (unpaired) electrons. The van der Waals surface area contributed by atoms with Gasteiger partial charge in [0, 0.05) is 22.4 Å². The molecule has 0 saturated heterocycles. The van der Waals surface area contributed by atoms with E-state index in [1.807, 2.05) is 49.0 Å². The largest absolute Gasteiger partial charge is 1.00 e. The normalized spacial score (nSPS) is 10.6. The second-order valence-corrected chi connectivity index (χ2v) is 9.65. The third-order valence-electron chi connectivity index (χ3n) is 4.81. The predicted molar refractivity (Wildman–Crippen MR) is 126 cm³/mol. The van der Waals surface area contributed by atoms with Crippen molar-refractivity contribution < 1.29 is 30.7 Å². The fourth-order valence-corrected chi connectivity index (χ4v) is 5.83. The lowest BCUT2D eigenvalue weighted by Gasteiger charge is -2.03. The van der Waals surface area contributed by atoms with Gasteiger partial charge in [0.05, 0.1) is 0 Å². The number of rotatable bonds is 6. The fraction of sp³-hybridized carbons (Fsp3) is 0.120. The molecular formula is C25H22BrFN2OS2. The summed E-state index contributed by atoms with van der Waals surface area (Å²) in [5, 5.41) is 0. The minimum absolute atomic E-state index is 0. The molecule has 4 aromatic rings. The highest BCUT2D eigenvalue weighted by Crippen LogP contribution is 2.41. The average Bonchev–Trinajstić information content (AvgIpc) is 3.09. The first-order chi connectivity index (χ1) is 14.9. The predicted octanol–water partition coefficient (Wildman–Crippen LogP) is 2.89. The van der Waals surface area contributed by atoms with Crippen molar-refractivity contribution >= 4 is 34.6 Å². The molecule has 0 unspecified atom stereocenters. The van der Waals surface area contributed by atoms with E-state index < -0.39 is 0 Å². The van der Waals surface area contributed by atoms with Crippen molar-refractivity contribution in [2.75, 3.05) is 5.73 Å². The zero-order valence-electron chi connectivity index (χ0n) is 17.6. The summed E-state index contributed by atoms with van der Waals surface area (Å²) in [7, 11) is 0. The van der Waals surface area contributed by atoms with Gasteiger partial charge < -0.3 is 22.7 Å². The Bertz CT molecular complexity index is 1220. The van der Waals surface area contributed by atoms with Crippen LogP contribution in [-0.2, 0) is 5.75 Å². The Morgan fingerprint density at radius 1 is 1.03 bits per heavy atom. The number of carbonyl (C=O) groups is 1. The first-order valence-electron chi connectivity index (χ1n) is 9.81. The van der Waals surface area contributed by atoms with Crippen LogP contribution in [0.4, 0.5) is 10.1 Å². The molecule has 164 valence electrons. The van der Waals surface area contributed by atoms with Crippen LogP contribution in [0.25, 0.3) is 5.69 Å². The van der Waals surface area contributed by atoms with E-state index in [2.05, 4.69) is 6.07 Å². The number of benzene rings is 2. The minimum atomic E-state index is -0.253. The van der Waals surface area contributed by atoms with E-state index in [-0.39, 0.29) is 28.6 Å². The van der Waals surface area contributed by atoms with Crippen molar-refractivity contribution in [3.05, 3.63) is 106 Å². The number of nitrogens with two attached hydrogens (primary N) is 1. The van der Waals surface area contributed by atoms with E-state index >= 15 is 0 Å². The Kier molecular flexibility index (Phi) is 7.87. The quantitative estimate of drug-likeness (QED) is 0.238. The molecule has 0 amide bonds. The van der Waals surface area contributed by atoms with Gasteiger partial charge in [-0.25, -0.2) is 4.39 Å². The van der Waals surface area contributed by atoms with E-state index in [1.165, 1.54) is 23.5 Å². The third kappa shape index (κ3) is 5.28. The summed E-state index contributed by atoms with van der Waals surface area (Å²) in [4.78, 5) is 13.7. The molecule has 32 heavy (non-hydrogen) atoms. The molecule has 2 aromatic carbocycles. The van der Waals surface area contributed by atoms with Gasteiger partial charge in [0.15, 0.2) is 12.4 Å². The Hall–Kier alpha value is -2.48. The number of hydrogen-bond donors (Lipinski definition) is 1. The lowest BCUT2D eigenvalue weighted by atomic mass is 10.1. The summed E-state index contributed by atoms with van der Waals surface area (Å²) in [6.07, 6.45) is 4.04. The number of anilines is 1. The average molecular weight is 530 g/mol. The smallest absolute Gasteiger partial charge is 0.259 e. The number of hydrogen-bond acceptors (Lipinski definition) is 4. The third-order valence-corrected chi connectivity index (χ3v) is 7.34. The standard InChI is InChI=1S/C25H21FN2OS2.BrH/c1-16-12-17(2)14-28(13-16)22-21(27)24(23(29)19-6-4-3-5-7-19)31-25(22)30-15-18-8-10-20(26)11-9-18;/h3-14H,15H2,1-2H3,(H-,27,29);1H. The molecule has 0 aliphatic carbocycles. The van der Waals surface area contributed by atoms with Crippen LogP contribution in [0.1, 0.15) is 31.9 Å². The van der Waals surface area contributed by atoms with Crippen molar-refractivity contribution in [1.29, 1.82) is 0 Å². The van der Waals surface area contributed by atoms with E-state index in [0.29, 0.717) is 21.9 Å². The molecule has 0 atom stereocenters. The van der Waals surface area contributed by atoms with Gasteiger partial charge in [-0.3, -0.25) is 4.79 Å². The van der Waals surface area contributed by atoms with Gasteiger partial charge in [0.1, 0.15) is 20.6 Å². The van der Waals surface area contributed by atoms with Gasteiger partial charge in [-0.15, -0.1) is 23.1 Å². The highest BCUT2D eigenvalue weighted by Gasteiger charge is 2.29. The van der Waals surface area contributed by atoms with Crippen LogP contribution in [0, 0.1) is 19.7 Å². The van der Waals surface area contributed by atoms with Crippen LogP contribution in [0.5, 0.6) is 0 Å². The van der Waals surface area contributed by atoms with Gasteiger partial charge in [-0.05, 0) is 37.6 Å². The maximum atomic E-state index is 13.3. The summed E-state index contributed by atoms with van der Waals surface area (Å²) < 4.78 is 16.2. The van der Waals surface area contributed by atoms with Crippen molar-refractivity contribution in [2.24, 2.45) is 0 Å². The highest BCUT2D eigenvalue weighted by molar-refractivity contribution is 8.00. The van der Waals surface area contributed by atoms with Crippen LogP contribution in [0.15, 0.2) is 77.3 Å². The molecule has 0 aliphatic heterocycles. The number of ketones is 1. The first-order valence-corrected chi connectivity index (χ1v) is 11.6. The van der Waals surface area contributed by atoms with Crippen molar-refractivity contribution in [1.82, 2.24) is 0 Å².